The van der Waals surface area contributed by atoms with Gasteiger partial charge in [0.05, 0.1) is 17.4 Å². The van der Waals surface area contributed by atoms with Crippen LogP contribution in [0.25, 0.3) is 5.70 Å². The summed E-state index contributed by atoms with van der Waals surface area (Å²) < 4.78 is 1.84. The van der Waals surface area contributed by atoms with E-state index in [9.17, 15) is 9.59 Å². The number of fused-ring (bicyclic) bond motifs is 1. The molecular weight excluding hydrogens is 508 g/mol. The van der Waals surface area contributed by atoms with E-state index in [0.717, 1.165) is 46.6 Å². The highest BCUT2D eigenvalue weighted by molar-refractivity contribution is 5.96. The van der Waals surface area contributed by atoms with E-state index < -0.39 is 0 Å². The van der Waals surface area contributed by atoms with E-state index >= 15 is 0 Å². The van der Waals surface area contributed by atoms with Crippen LogP contribution in [0.3, 0.4) is 0 Å². The minimum absolute atomic E-state index is 0.0348. The molecule has 2 N–H and O–H groups in total. The molecule has 0 saturated carbocycles. The van der Waals surface area contributed by atoms with Crippen LogP contribution in [-0.4, -0.2) is 21.3 Å². The summed E-state index contributed by atoms with van der Waals surface area (Å²) >= 11 is 0. The van der Waals surface area contributed by atoms with Gasteiger partial charge in [-0.15, -0.1) is 0 Å². The van der Waals surface area contributed by atoms with Gasteiger partial charge < -0.3 is 10.6 Å². The molecule has 1 aliphatic carbocycles. The van der Waals surface area contributed by atoms with Gasteiger partial charge in [0.25, 0.3) is 0 Å². The van der Waals surface area contributed by atoms with Gasteiger partial charge in [-0.1, -0.05) is 63.9 Å². The van der Waals surface area contributed by atoms with Crippen molar-refractivity contribution in [2.24, 2.45) is 0 Å². The normalized spacial score (nSPS) is 13.9. The fourth-order valence-corrected chi connectivity index (χ4v) is 5.07. The number of aryl methyl sites for hydroxylation is 1. The molecule has 2 aromatic carbocycles. The molecule has 0 fully saturated rings. The Morgan fingerprint density at radius 2 is 1.76 bits per heavy atom. The van der Waals surface area contributed by atoms with Gasteiger partial charge in [-0.25, -0.2) is 4.68 Å². The standard InChI is InChI=1S/C33H36N4O2.C2H6/c1-20(23(4)34-19-27-9-8-10-28(18-27)25(6)38)17-33(37-21(2)15-16-35-37)24(5)36-32-14-13-30-22(3)29(26(7)39)11-12-31(30)32;1-2/h8-12,15-18,32,34,36H,1,4-5,13-14,19H2,2-3,6-7H3;1-2H3/b33-17-;. The van der Waals surface area contributed by atoms with Crippen LogP contribution >= 0.6 is 0 Å². The predicted molar refractivity (Wildman–Crippen MR) is 169 cm³/mol. The van der Waals surface area contributed by atoms with Gasteiger partial charge >= 0.3 is 0 Å². The lowest BCUT2D eigenvalue weighted by atomic mass is 9.96. The molecule has 1 unspecified atom stereocenters. The van der Waals surface area contributed by atoms with Crippen LogP contribution in [0, 0.1) is 13.8 Å². The Bertz CT molecular complexity index is 1520. The number of carbonyl (C=O) groups is 2. The first-order valence-corrected chi connectivity index (χ1v) is 14.1. The summed E-state index contributed by atoms with van der Waals surface area (Å²) in [6.45, 7) is 24.5. The quantitative estimate of drug-likeness (QED) is 0.192. The average Bonchev–Trinajstić information content (AvgIpc) is 3.57. The van der Waals surface area contributed by atoms with Gasteiger partial charge in [0.2, 0.25) is 0 Å². The molecule has 0 aliphatic heterocycles. The lowest BCUT2D eigenvalue weighted by Gasteiger charge is -2.22. The van der Waals surface area contributed by atoms with Crippen LogP contribution in [0.2, 0.25) is 0 Å². The molecule has 3 aromatic rings. The maximum Gasteiger partial charge on any atom is 0.160 e. The van der Waals surface area contributed by atoms with Crippen molar-refractivity contribution in [2.75, 3.05) is 0 Å². The number of allylic oxidation sites excluding steroid dienone is 2. The van der Waals surface area contributed by atoms with E-state index in [4.69, 9.17) is 0 Å². The average molecular weight is 551 g/mol. The first-order chi connectivity index (χ1) is 19.6. The molecule has 0 amide bonds. The number of nitrogens with one attached hydrogen (secondary N) is 2. The third-order valence-corrected chi connectivity index (χ3v) is 7.33. The van der Waals surface area contributed by atoms with Crippen LogP contribution in [-0.2, 0) is 13.0 Å². The molecule has 0 spiro atoms. The molecule has 0 bridgehead atoms. The van der Waals surface area contributed by atoms with Crippen molar-refractivity contribution in [1.29, 1.82) is 0 Å². The SMILES string of the molecule is C=C(/C=C(/C(=C)NC1CCc2c1ccc(C(C)=O)c2C)n1nccc1C)C(=C)NCc1cccc(C(C)=O)c1.CC. The zero-order valence-corrected chi connectivity index (χ0v) is 25.2. The fourth-order valence-electron chi connectivity index (χ4n) is 5.07. The number of carbonyl (C=O) groups excluding carboxylic acids is 2. The van der Waals surface area contributed by atoms with E-state index in [1.807, 2.05) is 74.9 Å². The van der Waals surface area contributed by atoms with E-state index in [0.29, 0.717) is 23.4 Å². The van der Waals surface area contributed by atoms with E-state index in [2.05, 4.69) is 41.5 Å². The van der Waals surface area contributed by atoms with Gasteiger partial charge in [-0.3, -0.25) is 9.59 Å². The third-order valence-electron chi connectivity index (χ3n) is 7.33. The van der Waals surface area contributed by atoms with Gasteiger partial charge in [0.1, 0.15) is 0 Å². The number of ketones is 2. The minimum atomic E-state index is 0.0348. The zero-order valence-electron chi connectivity index (χ0n) is 25.2. The minimum Gasteiger partial charge on any atom is -0.381 e. The first-order valence-electron chi connectivity index (χ1n) is 14.1. The molecule has 214 valence electrons. The van der Waals surface area contributed by atoms with Gasteiger partial charge in [0, 0.05) is 35.3 Å². The smallest absolute Gasteiger partial charge is 0.160 e. The molecule has 1 atom stereocenters. The molecule has 4 rings (SSSR count). The lowest BCUT2D eigenvalue weighted by Crippen LogP contribution is -2.22. The lowest BCUT2D eigenvalue weighted by molar-refractivity contribution is 0.100. The number of hydrogen-bond acceptors (Lipinski definition) is 5. The van der Waals surface area contributed by atoms with Crippen LogP contribution in [0.5, 0.6) is 0 Å². The monoisotopic (exact) mass is 550 g/mol. The van der Waals surface area contributed by atoms with Crippen molar-refractivity contribution in [3.63, 3.8) is 0 Å². The Kier molecular flexibility index (Phi) is 10.4. The topological polar surface area (TPSA) is 76.0 Å². The number of benzene rings is 2. The maximum atomic E-state index is 12.0. The Balaban J connectivity index is 0.00000226. The van der Waals surface area contributed by atoms with Gasteiger partial charge in [-0.05, 0) is 86.6 Å². The largest absolute Gasteiger partial charge is 0.381 e. The molecule has 6 heteroatoms. The van der Waals surface area contributed by atoms with Crippen molar-refractivity contribution in [3.05, 3.63) is 131 Å². The molecule has 6 nitrogen and oxygen atoms in total. The van der Waals surface area contributed by atoms with Crippen LogP contribution in [0.15, 0.2) is 91.4 Å². The molecular formula is C35H42N4O2. The van der Waals surface area contributed by atoms with Crippen LogP contribution in [0.1, 0.15) is 88.8 Å². The van der Waals surface area contributed by atoms with Crippen LogP contribution < -0.4 is 10.6 Å². The second-order valence-corrected chi connectivity index (χ2v) is 10.1. The summed E-state index contributed by atoms with van der Waals surface area (Å²) in [7, 11) is 0. The summed E-state index contributed by atoms with van der Waals surface area (Å²) in [5, 5.41) is 11.5. The number of rotatable bonds is 11. The third kappa shape index (κ3) is 7.20. The first kappa shape index (κ1) is 31.1. The van der Waals surface area contributed by atoms with Gasteiger partial charge in [-0.2, -0.15) is 5.10 Å². The Labute approximate surface area is 244 Å². The molecule has 41 heavy (non-hydrogen) atoms. The van der Waals surface area contributed by atoms with Crippen molar-refractivity contribution in [3.8, 4) is 0 Å². The van der Waals surface area contributed by atoms with Crippen molar-refractivity contribution in [1.82, 2.24) is 20.4 Å². The van der Waals surface area contributed by atoms with Crippen molar-refractivity contribution >= 4 is 17.3 Å². The highest BCUT2D eigenvalue weighted by atomic mass is 16.1. The number of hydrogen-bond donors (Lipinski definition) is 2. The fraction of sp³-hybridized carbons (Fsp3) is 0.286. The number of nitrogens with zero attached hydrogens (tertiary/aromatic N) is 2. The van der Waals surface area contributed by atoms with E-state index in [1.165, 1.54) is 11.1 Å². The molecule has 1 heterocycles. The Hall–Kier alpha value is -4.45. The highest BCUT2D eigenvalue weighted by Gasteiger charge is 2.26. The van der Waals surface area contributed by atoms with Crippen molar-refractivity contribution in [2.45, 2.75) is 67.0 Å². The molecule has 0 radical (unpaired) electrons. The second kappa shape index (κ2) is 13.8. The van der Waals surface area contributed by atoms with E-state index in [1.54, 1.807) is 20.0 Å². The summed E-state index contributed by atoms with van der Waals surface area (Å²) in [5.74, 6) is 0.127. The molecule has 1 aliphatic rings. The summed E-state index contributed by atoms with van der Waals surface area (Å²) in [4.78, 5) is 23.7. The summed E-state index contributed by atoms with van der Waals surface area (Å²) in [5.41, 5.74) is 9.77. The van der Waals surface area contributed by atoms with Crippen LogP contribution in [0.4, 0.5) is 0 Å². The Morgan fingerprint density at radius 3 is 2.39 bits per heavy atom. The Morgan fingerprint density at radius 1 is 1.02 bits per heavy atom. The predicted octanol–water partition coefficient (Wildman–Crippen LogP) is 7.42. The summed E-state index contributed by atoms with van der Waals surface area (Å²) in [6, 6.07) is 13.5. The van der Waals surface area contributed by atoms with Gasteiger partial charge in [0.15, 0.2) is 11.6 Å². The van der Waals surface area contributed by atoms with Crippen molar-refractivity contribution < 1.29 is 9.59 Å². The number of Topliss-reactive ketones (excluding diaryl/α,β-unsaturated/α-hetero) is 2. The molecule has 0 saturated heterocycles. The molecule has 1 aromatic heterocycles. The highest BCUT2D eigenvalue weighted by Crippen LogP contribution is 2.36. The number of aromatic nitrogens is 2. The second-order valence-electron chi connectivity index (χ2n) is 10.1. The summed E-state index contributed by atoms with van der Waals surface area (Å²) in [6.07, 6.45) is 5.50. The van der Waals surface area contributed by atoms with E-state index in [-0.39, 0.29) is 17.6 Å². The maximum absolute atomic E-state index is 12.0. The zero-order chi connectivity index (χ0) is 30.3.